The summed E-state index contributed by atoms with van der Waals surface area (Å²) >= 11 is 0. The highest BCUT2D eigenvalue weighted by Crippen LogP contribution is 2.50. The molecule has 1 heterocycles. The molecule has 0 saturated carbocycles. The second-order valence-corrected chi connectivity index (χ2v) is 12.9. The van der Waals surface area contributed by atoms with E-state index in [4.69, 9.17) is 4.42 Å². The van der Waals surface area contributed by atoms with E-state index in [2.05, 4.69) is 172 Å². The highest BCUT2D eigenvalue weighted by molar-refractivity contribution is 6.13. The van der Waals surface area contributed by atoms with E-state index in [1.807, 2.05) is 0 Å². The number of furan rings is 1. The zero-order valence-electron chi connectivity index (χ0n) is 25.9. The summed E-state index contributed by atoms with van der Waals surface area (Å²) in [5, 5.41) is 2.28. The first-order chi connectivity index (χ1) is 22.6. The Morgan fingerprint density at radius 1 is 0.348 bits per heavy atom. The molecule has 0 atom stereocenters. The van der Waals surface area contributed by atoms with Gasteiger partial charge in [0.1, 0.15) is 11.2 Å². The maximum atomic E-state index is 6.86. The van der Waals surface area contributed by atoms with Crippen LogP contribution in [0.4, 0.5) is 0 Å². The quantitative estimate of drug-likeness (QED) is 0.199. The van der Waals surface area contributed by atoms with E-state index in [1.165, 1.54) is 50.1 Å². The van der Waals surface area contributed by atoms with Gasteiger partial charge < -0.3 is 4.42 Å². The first-order valence-corrected chi connectivity index (χ1v) is 16.0. The van der Waals surface area contributed by atoms with Gasteiger partial charge in [-0.2, -0.15) is 0 Å². The van der Waals surface area contributed by atoms with Crippen molar-refractivity contribution in [2.75, 3.05) is 0 Å². The van der Waals surface area contributed by atoms with Crippen LogP contribution in [-0.2, 0) is 5.41 Å². The predicted octanol–water partition coefficient (Wildman–Crippen LogP) is 12.6. The Balaban J connectivity index is 1.14. The molecule has 7 aromatic carbocycles. The molecule has 218 valence electrons. The van der Waals surface area contributed by atoms with Crippen molar-refractivity contribution in [3.8, 4) is 55.6 Å². The number of hydrogen-bond donors (Lipinski definition) is 0. The molecule has 0 amide bonds. The molecule has 0 fully saturated rings. The van der Waals surface area contributed by atoms with Gasteiger partial charge in [0.15, 0.2) is 0 Å². The van der Waals surface area contributed by atoms with Crippen LogP contribution >= 0.6 is 0 Å². The average molecular weight is 589 g/mol. The lowest BCUT2D eigenvalue weighted by atomic mass is 9.82. The maximum absolute atomic E-state index is 6.86. The van der Waals surface area contributed by atoms with Crippen LogP contribution in [0.2, 0.25) is 0 Å². The van der Waals surface area contributed by atoms with Crippen LogP contribution < -0.4 is 0 Å². The Bertz CT molecular complexity index is 2420. The van der Waals surface area contributed by atoms with Crippen molar-refractivity contribution < 1.29 is 4.42 Å². The molecule has 9 rings (SSSR count). The first-order valence-electron chi connectivity index (χ1n) is 16.0. The SMILES string of the molecule is CC1(C)c2ccccc2-c2cc(-c3cccc4c3oc3c(-c5cccc(-c6ccc(-c7ccccc7)cc6)c5)cccc34)ccc21. The molecular weight excluding hydrogens is 556 g/mol. The van der Waals surface area contributed by atoms with Crippen LogP contribution in [-0.4, -0.2) is 0 Å². The Kier molecular flexibility index (Phi) is 5.92. The second kappa shape index (κ2) is 10.2. The molecule has 0 N–H and O–H groups in total. The Hall–Kier alpha value is -5.66. The van der Waals surface area contributed by atoms with Crippen molar-refractivity contribution in [2.45, 2.75) is 19.3 Å². The van der Waals surface area contributed by atoms with Crippen LogP contribution in [0.15, 0.2) is 162 Å². The van der Waals surface area contributed by atoms with E-state index in [9.17, 15) is 0 Å². The lowest BCUT2D eigenvalue weighted by Gasteiger charge is -2.21. The summed E-state index contributed by atoms with van der Waals surface area (Å²) < 4.78 is 6.86. The molecule has 0 radical (unpaired) electrons. The fraction of sp³-hybridized carbons (Fsp3) is 0.0667. The summed E-state index contributed by atoms with van der Waals surface area (Å²) in [5.41, 5.74) is 16.7. The lowest BCUT2D eigenvalue weighted by molar-refractivity contribution is 0.660. The van der Waals surface area contributed by atoms with Crippen LogP contribution in [0.1, 0.15) is 25.0 Å². The minimum Gasteiger partial charge on any atom is -0.455 e. The highest BCUT2D eigenvalue weighted by atomic mass is 16.3. The monoisotopic (exact) mass is 588 g/mol. The fourth-order valence-corrected chi connectivity index (χ4v) is 7.51. The number of hydrogen-bond acceptors (Lipinski definition) is 1. The average Bonchev–Trinajstić information content (AvgIpc) is 3.61. The van der Waals surface area contributed by atoms with Crippen molar-refractivity contribution in [1.82, 2.24) is 0 Å². The third-order valence-electron chi connectivity index (χ3n) is 9.92. The van der Waals surface area contributed by atoms with Gasteiger partial charge in [-0.25, -0.2) is 0 Å². The molecule has 1 nitrogen and oxygen atoms in total. The summed E-state index contributed by atoms with van der Waals surface area (Å²) in [6.07, 6.45) is 0. The maximum Gasteiger partial charge on any atom is 0.143 e. The third-order valence-corrected chi connectivity index (χ3v) is 9.92. The molecule has 0 unspecified atom stereocenters. The van der Waals surface area contributed by atoms with E-state index in [-0.39, 0.29) is 5.41 Å². The van der Waals surface area contributed by atoms with Crippen LogP contribution in [0, 0.1) is 0 Å². The molecule has 8 aromatic rings. The van der Waals surface area contributed by atoms with Gasteiger partial charge in [-0.05, 0) is 67.8 Å². The normalized spacial score (nSPS) is 13.2. The summed E-state index contributed by atoms with van der Waals surface area (Å²) in [4.78, 5) is 0. The molecule has 1 heteroatoms. The van der Waals surface area contributed by atoms with Gasteiger partial charge >= 0.3 is 0 Å². The summed E-state index contributed by atoms with van der Waals surface area (Å²) in [6, 6.07) is 57.0. The van der Waals surface area contributed by atoms with Gasteiger partial charge in [-0.1, -0.05) is 159 Å². The Morgan fingerprint density at radius 3 is 1.54 bits per heavy atom. The van der Waals surface area contributed by atoms with Gasteiger partial charge in [-0.3, -0.25) is 0 Å². The van der Waals surface area contributed by atoms with Crippen LogP contribution in [0.3, 0.4) is 0 Å². The van der Waals surface area contributed by atoms with E-state index >= 15 is 0 Å². The number of para-hydroxylation sites is 2. The first kappa shape index (κ1) is 26.7. The van der Waals surface area contributed by atoms with Crippen molar-refractivity contribution >= 4 is 21.9 Å². The smallest absolute Gasteiger partial charge is 0.143 e. The van der Waals surface area contributed by atoms with Crippen molar-refractivity contribution in [3.63, 3.8) is 0 Å². The summed E-state index contributed by atoms with van der Waals surface area (Å²) in [6.45, 7) is 4.65. The molecule has 1 aromatic heterocycles. The standard InChI is InChI=1S/C45H32O/c1-45(2)41-20-7-6-15-37(41)40-28-34(25-26-42(40)45)36-17-10-19-39-38-18-9-16-35(43(38)46-44(36)39)33-14-8-13-32(27-33)31-23-21-30(22-24-31)29-11-4-3-5-12-29/h3-28H,1-2H3. The van der Waals surface area contributed by atoms with E-state index in [0.717, 1.165) is 38.6 Å². The fourth-order valence-electron chi connectivity index (χ4n) is 7.51. The van der Waals surface area contributed by atoms with Gasteiger partial charge in [0, 0.05) is 27.3 Å². The molecule has 0 saturated heterocycles. The third kappa shape index (κ3) is 4.09. The highest BCUT2D eigenvalue weighted by Gasteiger charge is 2.35. The molecule has 1 aliphatic rings. The van der Waals surface area contributed by atoms with Gasteiger partial charge in [-0.15, -0.1) is 0 Å². The zero-order chi connectivity index (χ0) is 30.8. The molecule has 0 aliphatic heterocycles. The topological polar surface area (TPSA) is 13.1 Å². The van der Waals surface area contributed by atoms with E-state index in [1.54, 1.807) is 0 Å². The second-order valence-electron chi connectivity index (χ2n) is 12.9. The number of fused-ring (bicyclic) bond motifs is 6. The molecule has 0 spiro atoms. The largest absolute Gasteiger partial charge is 0.455 e. The molecule has 1 aliphatic carbocycles. The Labute approximate surface area is 269 Å². The van der Waals surface area contributed by atoms with Crippen molar-refractivity contribution in [1.29, 1.82) is 0 Å². The predicted molar refractivity (Wildman–Crippen MR) is 193 cm³/mol. The van der Waals surface area contributed by atoms with Gasteiger partial charge in [0.05, 0.1) is 0 Å². The molecular formula is C45H32O. The van der Waals surface area contributed by atoms with E-state index in [0.29, 0.717) is 0 Å². The minimum atomic E-state index is -0.0107. The number of benzene rings is 7. The minimum absolute atomic E-state index is 0.0107. The van der Waals surface area contributed by atoms with Crippen LogP contribution in [0.25, 0.3) is 77.6 Å². The summed E-state index contributed by atoms with van der Waals surface area (Å²) in [7, 11) is 0. The van der Waals surface area contributed by atoms with Crippen LogP contribution in [0.5, 0.6) is 0 Å². The van der Waals surface area contributed by atoms with Crippen molar-refractivity contribution in [3.05, 3.63) is 169 Å². The molecule has 0 bridgehead atoms. The Morgan fingerprint density at radius 2 is 0.826 bits per heavy atom. The zero-order valence-corrected chi connectivity index (χ0v) is 25.9. The summed E-state index contributed by atoms with van der Waals surface area (Å²) in [5.74, 6) is 0. The lowest BCUT2D eigenvalue weighted by Crippen LogP contribution is -2.14. The van der Waals surface area contributed by atoms with Gasteiger partial charge in [0.2, 0.25) is 0 Å². The van der Waals surface area contributed by atoms with Crippen molar-refractivity contribution in [2.24, 2.45) is 0 Å². The van der Waals surface area contributed by atoms with Gasteiger partial charge in [0.25, 0.3) is 0 Å². The number of rotatable bonds is 4. The van der Waals surface area contributed by atoms with E-state index < -0.39 is 0 Å². The molecule has 46 heavy (non-hydrogen) atoms.